The Balaban J connectivity index is 2.26. The van der Waals surface area contributed by atoms with Crippen LogP contribution in [-0.2, 0) is 0 Å². The van der Waals surface area contributed by atoms with E-state index in [4.69, 9.17) is 10.5 Å². The van der Waals surface area contributed by atoms with Gasteiger partial charge in [-0.1, -0.05) is 0 Å². The summed E-state index contributed by atoms with van der Waals surface area (Å²) in [5, 5.41) is 0. The minimum Gasteiger partial charge on any atom is -0.487 e. The fraction of sp³-hybridized carbons (Fsp3) is 0.300. The standard InChI is InChI=1S/C10H10FNO2/c11-8-4-1-6(10(12)13)5-9(8)14-7-2-3-7/h1,4-5,7H,2-3H2,(H2,12,13). The lowest BCUT2D eigenvalue weighted by Crippen LogP contribution is -2.11. The summed E-state index contributed by atoms with van der Waals surface area (Å²) in [5.74, 6) is -0.920. The van der Waals surface area contributed by atoms with Crippen LogP contribution in [0.15, 0.2) is 18.2 Å². The molecule has 3 nitrogen and oxygen atoms in total. The Morgan fingerprint density at radius 3 is 2.79 bits per heavy atom. The lowest BCUT2D eigenvalue weighted by Gasteiger charge is -2.06. The third kappa shape index (κ3) is 1.84. The maximum absolute atomic E-state index is 13.1. The summed E-state index contributed by atoms with van der Waals surface area (Å²) < 4.78 is 18.4. The van der Waals surface area contributed by atoms with Crippen LogP contribution in [0.5, 0.6) is 5.75 Å². The van der Waals surface area contributed by atoms with Crippen molar-refractivity contribution in [3.05, 3.63) is 29.6 Å². The maximum atomic E-state index is 13.1. The van der Waals surface area contributed by atoms with Gasteiger partial charge in [-0.15, -0.1) is 0 Å². The van der Waals surface area contributed by atoms with Crippen molar-refractivity contribution in [2.75, 3.05) is 0 Å². The molecule has 1 aliphatic rings. The van der Waals surface area contributed by atoms with Crippen molar-refractivity contribution in [3.63, 3.8) is 0 Å². The molecular weight excluding hydrogens is 185 g/mol. The van der Waals surface area contributed by atoms with Crippen LogP contribution in [0.3, 0.4) is 0 Å². The zero-order valence-corrected chi connectivity index (χ0v) is 7.50. The molecule has 1 saturated carbocycles. The van der Waals surface area contributed by atoms with Crippen molar-refractivity contribution < 1.29 is 13.9 Å². The second-order valence-corrected chi connectivity index (χ2v) is 3.33. The molecule has 0 aromatic heterocycles. The molecule has 1 aliphatic carbocycles. The monoisotopic (exact) mass is 195 g/mol. The van der Waals surface area contributed by atoms with E-state index in [1.165, 1.54) is 18.2 Å². The highest BCUT2D eigenvalue weighted by Crippen LogP contribution is 2.28. The first-order valence-electron chi connectivity index (χ1n) is 4.43. The summed E-state index contributed by atoms with van der Waals surface area (Å²) >= 11 is 0. The van der Waals surface area contributed by atoms with E-state index in [1.54, 1.807) is 0 Å². The van der Waals surface area contributed by atoms with Crippen LogP contribution in [0, 0.1) is 5.82 Å². The molecule has 0 bridgehead atoms. The van der Waals surface area contributed by atoms with Crippen LogP contribution in [-0.4, -0.2) is 12.0 Å². The van der Waals surface area contributed by atoms with Gasteiger partial charge in [0.1, 0.15) is 0 Å². The van der Waals surface area contributed by atoms with Gasteiger partial charge in [0.2, 0.25) is 5.91 Å². The molecule has 1 aromatic rings. The van der Waals surface area contributed by atoms with Crippen molar-refractivity contribution >= 4 is 5.91 Å². The number of benzene rings is 1. The van der Waals surface area contributed by atoms with Gasteiger partial charge in [-0.3, -0.25) is 4.79 Å². The molecule has 74 valence electrons. The molecule has 0 atom stereocenters. The quantitative estimate of drug-likeness (QED) is 0.793. The molecule has 1 amide bonds. The second-order valence-electron chi connectivity index (χ2n) is 3.33. The molecule has 2 rings (SSSR count). The smallest absolute Gasteiger partial charge is 0.248 e. The number of carbonyl (C=O) groups is 1. The van der Waals surface area contributed by atoms with Crippen LogP contribution >= 0.6 is 0 Å². The maximum Gasteiger partial charge on any atom is 0.248 e. The van der Waals surface area contributed by atoms with Gasteiger partial charge in [0.25, 0.3) is 0 Å². The second kappa shape index (κ2) is 3.29. The average molecular weight is 195 g/mol. The van der Waals surface area contributed by atoms with E-state index in [-0.39, 0.29) is 17.4 Å². The Labute approximate surface area is 80.7 Å². The van der Waals surface area contributed by atoms with E-state index in [2.05, 4.69) is 0 Å². The molecule has 0 heterocycles. The van der Waals surface area contributed by atoms with E-state index >= 15 is 0 Å². The van der Waals surface area contributed by atoms with Crippen molar-refractivity contribution in [1.29, 1.82) is 0 Å². The highest BCUT2D eigenvalue weighted by molar-refractivity contribution is 5.93. The number of hydrogen-bond acceptors (Lipinski definition) is 2. The van der Waals surface area contributed by atoms with Crippen LogP contribution in [0.1, 0.15) is 23.2 Å². The molecule has 4 heteroatoms. The summed E-state index contributed by atoms with van der Waals surface area (Å²) in [4.78, 5) is 10.8. The number of amides is 1. The van der Waals surface area contributed by atoms with Crippen LogP contribution in [0.2, 0.25) is 0 Å². The van der Waals surface area contributed by atoms with E-state index < -0.39 is 11.7 Å². The highest BCUT2D eigenvalue weighted by atomic mass is 19.1. The summed E-state index contributed by atoms with van der Waals surface area (Å²) in [6, 6.07) is 3.88. The first-order valence-corrected chi connectivity index (χ1v) is 4.43. The fourth-order valence-corrected chi connectivity index (χ4v) is 1.11. The fourth-order valence-electron chi connectivity index (χ4n) is 1.11. The average Bonchev–Trinajstić information content (AvgIpc) is 2.92. The van der Waals surface area contributed by atoms with Crippen LogP contribution in [0.4, 0.5) is 4.39 Å². The summed E-state index contributed by atoms with van der Waals surface area (Å²) in [6.45, 7) is 0. The van der Waals surface area contributed by atoms with Gasteiger partial charge in [0.05, 0.1) is 6.10 Å². The van der Waals surface area contributed by atoms with E-state index in [9.17, 15) is 9.18 Å². The highest BCUT2D eigenvalue weighted by Gasteiger charge is 2.25. The van der Waals surface area contributed by atoms with Crippen LogP contribution in [0.25, 0.3) is 0 Å². The SMILES string of the molecule is NC(=O)c1ccc(F)c(OC2CC2)c1. The molecule has 0 radical (unpaired) electrons. The first kappa shape index (κ1) is 8.99. The summed E-state index contributed by atoms with van der Waals surface area (Å²) in [5.41, 5.74) is 5.33. The number of nitrogens with two attached hydrogens (primary N) is 1. The number of primary amides is 1. The van der Waals surface area contributed by atoms with Gasteiger partial charge in [-0.25, -0.2) is 4.39 Å². The molecule has 14 heavy (non-hydrogen) atoms. The zero-order chi connectivity index (χ0) is 10.1. The van der Waals surface area contributed by atoms with Crippen LogP contribution < -0.4 is 10.5 Å². The summed E-state index contributed by atoms with van der Waals surface area (Å²) in [7, 11) is 0. The van der Waals surface area contributed by atoms with E-state index in [0.29, 0.717) is 0 Å². The molecule has 0 aliphatic heterocycles. The number of hydrogen-bond donors (Lipinski definition) is 1. The molecule has 1 fully saturated rings. The number of carbonyl (C=O) groups excluding carboxylic acids is 1. The van der Waals surface area contributed by atoms with Crippen molar-refractivity contribution in [2.24, 2.45) is 5.73 Å². The third-order valence-corrected chi connectivity index (χ3v) is 2.03. The Morgan fingerprint density at radius 2 is 2.21 bits per heavy atom. The molecular formula is C10H10FNO2. The van der Waals surface area contributed by atoms with E-state index in [0.717, 1.165) is 12.8 Å². The van der Waals surface area contributed by atoms with Crippen molar-refractivity contribution in [1.82, 2.24) is 0 Å². The van der Waals surface area contributed by atoms with Gasteiger partial charge in [-0.2, -0.15) is 0 Å². The van der Waals surface area contributed by atoms with Gasteiger partial charge < -0.3 is 10.5 Å². The van der Waals surface area contributed by atoms with Gasteiger partial charge in [0.15, 0.2) is 11.6 Å². The molecule has 2 N–H and O–H groups in total. The van der Waals surface area contributed by atoms with Gasteiger partial charge in [0, 0.05) is 5.56 Å². The normalized spacial score (nSPS) is 15.2. The first-order chi connectivity index (χ1) is 6.66. The van der Waals surface area contributed by atoms with Crippen molar-refractivity contribution in [3.8, 4) is 5.75 Å². The lowest BCUT2D eigenvalue weighted by molar-refractivity contribution is 0.0999. The Kier molecular flexibility index (Phi) is 2.11. The van der Waals surface area contributed by atoms with E-state index in [1.807, 2.05) is 0 Å². The molecule has 0 spiro atoms. The topological polar surface area (TPSA) is 52.3 Å². The zero-order valence-electron chi connectivity index (χ0n) is 7.50. The predicted octanol–water partition coefficient (Wildman–Crippen LogP) is 1.47. The van der Waals surface area contributed by atoms with Crippen molar-refractivity contribution in [2.45, 2.75) is 18.9 Å². The third-order valence-electron chi connectivity index (χ3n) is 2.03. The lowest BCUT2D eigenvalue weighted by atomic mass is 10.2. The Morgan fingerprint density at radius 1 is 1.50 bits per heavy atom. The minimum absolute atomic E-state index is 0.104. The van der Waals surface area contributed by atoms with Gasteiger partial charge in [-0.05, 0) is 31.0 Å². The minimum atomic E-state index is -0.578. The molecule has 0 saturated heterocycles. The number of rotatable bonds is 3. The summed E-state index contributed by atoms with van der Waals surface area (Å²) in [6.07, 6.45) is 1.99. The largest absolute Gasteiger partial charge is 0.487 e. The Hall–Kier alpha value is -1.58. The predicted molar refractivity (Wildman–Crippen MR) is 48.6 cm³/mol. The molecule has 1 aromatic carbocycles. The molecule has 0 unspecified atom stereocenters. The number of halogens is 1. The Bertz CT molecular complexity index is 374. The van der Waals surface area contributed by atoms with Gasteiger partial charge >= 0.3 is 0 Å². The number of ether oxygens (including phenoxy) is 1.